The van der Waals surface area contributed by atoms with E-state index in [1.807, 2.05) is 0 Å². The van der Waals surface area contributed by atoms with Crippen molar-refractivity contribution < 1.29 is 18.8 Å². The van der Waals surface area contributed by atoms with Crippen molar-refractivity contribution >= 4 is 17.7 Å². The fraction of sp³-hybridized carbons (Fsp3) is 0.471. The number of halogens is 1. The Morgan fingerprint density at radius 3 is 2.58 bits per heavy atom. The van der Waals surface area contributed by atoms with Gasteiger partial charge in [0, 0.05) is 31.7 Å². The molecule has 24 heavy (non-hydrogen) atoms. The first-order chi connectivity index (χ1) is 11.5. The summed E-state index contributed by atoms with van der Waals surface area (Å²) in [4.78, 5) is 39.8. The van der Waals surface area contributed by atoms with Crippen molar-refractivity contribution in [3.63, 3.8) is 0 Å². The van der Waals surface area contributed by atoms with Gasteiger partial charge in [0.1, 0.15) is 5.82 Å². The minimum absolute atomic E-state index is 0.0681. The summed E-state index contributed by atoms with van der Waals surface area (Å²) in [5, 5.41) is 2.69. The molecule has 0 aromatic heterocycles. The molecule has 0 radical (unpaired) electrons. The SMILES string of the molecule is O=C1CN(C(=O)[C@H]2CCCN(C(=O)c3ccc(F)cc3)C2)CCN1. The van der Waals surface area contributed by atoms with Crippen LogP contribution in [0, 0.1) is 11.7 Å². The molecule has 6 nitrogen and oxygen atoms in total. The minimum atomic E-state index is -0.387. The Morgan fingerprint density at radius 1 is 1.12 bits per heavy atom. The number of nitrogens with one attached hydrogen (secondary N) is 1. The molecular formula is C17H20FN3O3. The largest absolute Gasteiger partial charge is 0.353 e. The highest BCUT2D eigenvalue weighted by Crippen LogP contribution is 2.21. The Morgan fingerprint density at radius 2 is 1.88 bits per heavy atom. The molecule has 7 heteroatoms. The lowest BCUT2D eigenvalue weighted by Gasteiger charge is -2.36. The van der Waals surface area contributed by atoms with Gasteiger partial charge in [0.15, 0.2) is 0 Å². The average molecular weight is 333 g/mol. The zero-order chi connectivity index (χ0) is 17.1. The van der Waals surface area contributed by atoms with Crippen molar-refractivity contribution in [1.82, 2.24) is 15.1 Å². The van der Waals surface area contributed by atoms with Gasteiger partial charge in [-0.05, 0) is 37.1 Å². The van der Waals surface area contributed by atoms with E-state index in [0.717, 1.165) is 6.42 Å². The summed E-state index contributed by atoms with van der Waals surface area (Å²) < 4.78 is 13.0. The van der Waals surface area contributed by atoms with Crippen molar-refractivity contribution in [1.29, 1.82) is 0 Å². The fourth-order valence-electron chi connectivity index (χ4n) is 3.22. The molecule has 1 atom stereocenters. The summed E-state index contributed by atoms with van der Waals surface area (Å²) in [7, 11) is 0. The lowest BCUT2D eigenvalue weighted by molar-refractivity contribution is -0.142. The molecule has 2 aliphatic rings. The van der Waals surface area contributed by atoms with Gasteiger partial charge in [0.2, 0.25) is 11.8 Å². The van der Waals surface area contributed by atoms with E-state index in [2.05, 4.69) is 5.32 Å². The van der Waals surface area contributed by atoms with Crippen LogP contribution in [0.3, 0.4) is 0 Å². The van der Waals surface area contributed by atoms with Crippen LogP contribution in [0.5, 0.6) is 0 Å². The van der Waals surface area contributed by atoms with Gasteiger partial charge in [0.05, 0.1) is 12.5 Å². The molecular weight excluding hydrogens is 313 g/mol. The number of carbonyl (C=O) groups is 3. The van der Waals surface area contributed by atoms with E-state index in [1.54, 1.807) is 9.80 Å². The summed E-state index contributed by atoms with van der Waals surface area (Å²) in [5.41, 5.74) is 0.418. The molecule has 1 aromatic carbocycles. The molecule has 0 saturated carbocycles. The summed E-state index contributed by atoms with van der Waals surface area (Å²) in [6.07, 6.45) is 1.45. The van der Waals surface area contributed by atoms with Crippen LogP contribution in [0.25, 0.3) is 0 Å². The topological polar surface area (TPSA) is 69.7 Å². The Labute approximate surface area is 139 Å². The molecule has 128 valence electrons. The van der Waals surface area contributed by atoms with Crippen LogP contribution in [0.2, 0.25) is 0 Å². The second-order valence-electron chi connectivity index (χ2n) is 6.21. The third-order valence-corrected chi connectivity index (χ3v) is 4.50. The van der Waals surface area contributed by atoms with Gasteiger partial charge >= 0.3 is 0 Å². The van der Waals surface area contributed by atoms with E-state index in [-0.39, 0.29) is 36.0 Å². The summed E-state index contributed by atoms with van der Waals surface area (Å²) in [6, 6.07) is 5.43. The predicted molar refractivity (Wildman–Crippen MR) is 84.6 cm³/mol. The van der Waals surface area contributed by atoms with Crippen LogP contribution in [0.1, 0.15) is 23.2 Å². The normalized spacial score (nSPS) is 21.4. The molecule has 3 rings (SSSR count). The zero-order valence-electron chi connectivity index (χ0n) is 13.3. The molecule has 0 bridgehead atoms. The van der Waals surface area contributed by atoms with E-state index < -0.39 is 0 Å². The van der Waals surface area contributed by atoms with Gasteiger partial charge < -0.3 is 15.1 Å². The molecule has 0 aliphatic carbocycles. The van der Waals surface area contributed by atoms with Crippen LogP contribution in [0.15, 0.2) is 24.3 Å². The number of hydrogen-bond acceptors (Lipinski definition) is 3. The number of nitrogens with zero attached hydrogens (tertiary/aromatic N) is 2. The number of hydrogen-bond donors (Lipinski definition) is 1. The van der Waals surface area contributed by atoms with Crippen molar-refractivity contribution in [3.8, 4) is 0 Å². The average Bonchev–Trinajstić information content (AvgIpc) is 2.61. The number of piperidine rings is 1. The van der Waals surface area contributed by atoms with Gasteiger partial charge in [-0.25, -0.2) is 4.39 Å². The number of rotatable bonds is 2. The van der Waals surface area contributed by atoms with E-state index in [9.17, 15) is 18.8 Å². The van der Waals surface area contributed by atoms with Gasteiger partial charge in [-0.15, -0.1) is 0 Å². The van der Waals surface area contributed by atoms with Gasteiger partial charge in [0.25, 0.3) is 5.91 Å². The van der Waals surface area contributed by atoms with Crippen molar-refractivity contribution in [2.45, 2.75) is 12.8 Å². The molecule has 3 amide bonds. The second-order valence-corrected chi connectivity index (χ2v) is 6.21. The Bertz CT molecular complexity index is 647. The van der Waals surface area contributed by atoms with Gasteiger partial charge in [-0.1, -0.05) is 0 Å². The van der Waals surface area contributed by atoms with Gasteiger partial charge in [-0.3, -0.25) is 14.4 Å². The van der Waals surface area contributed by atoms with Crippen LogP contribution in [0.4, 0.5) is 4.39 Å². The number of likely N-dealkylation sites (tertiary alicyclic amines) is 1. The molecule has 2 aliphatic heterocycles. The van der Waals surface area contributed by atoms with Crippen molar-refractivity contribution in [3.05, 3.63) is 35.6 Å². The number of amides is 3. The highest BCUT2D eigenvalue weighted by Gasteiger charge is 2.33. The van der Waals surface area contributed by atoms with Crippen molar-refractivity contribution in [2.24, 2.45) is 5.92 Å². The third kappa shape index (κ3) is 3.55. The lowest BCUT2D eigenvalue weighted by atomic mass is 9.95. The number of benzene rings is 1. The molecule has 2 fully saturated rings. The first-order valence-electron chi connectivity index (χ1n) is 8.15. The Kier molecular flexibility index (Phi) is 4.78. The maximum Gasteiger partial charge on any atom is 0.253 e. The first-order valence-corrected chi connectivity index (χ1v) is 8.15. The van der Waals surface area contributed by atoms with Crippen LogP contribution >= 0.6 is 0 Å². The third-order valence-electron chi connectivity index (χ3n) is 4.50. The predicted octanol–water partition coefficient (Wildman–Crippen LogP) is 0.636. The standard InChI is InChI=1S/C17H20FN3O3/c18-14-5-3-12(4-6-14)16(23)20-8-1-2-13(10-20)17(24)21-9-7-19-15(22)11-21/h3-6,13H,1-2,7-11H2,(H,19,22)/t13-/m0/s1. The van der Waals surface area contributed by atoms with Crippen LogP contribution in [-0.2, 0) is 9.59 Å². The van der Waals surface area contributed by atoms with Crippen LogP contribution < -0.4 is 5.32 Å². The smallest absolute Gasteiger partial charge is 0.253 e. The summed E-state index contributed by atoms with van der Waals surface area (Å²) in [5.74, 6) is -1.08. The highest BCUT2D eigenvalue weighted by molar-refractivity contribution is 5.95. The maximum atomic E-state index is 13.0. The molecule has 2 saturated heterocycles. The van der Waals surface area contributed by atoms with E-state index >= 15 is 0 Å². The van der Waals surface area contributed by atoms with Crippen molar-refractivity contribution in [2.75, 3.05) is 32.7 Å². The quantitative estimate of drug-likeness (QED) is 0.863. The van der Waals surface area contributed by atoms with E-state index in [0.29, 0.717) is 38.2 Å². The van der Waals surface area contributed by atoms with E-state index in [1.165, 1.54) is 24.3 Å². The monoisotopic (exact) mass is 333 g/mol. The molecule has 0 spiro atoms. The Hall–Kier alpha value is -2.44. The van der Waals surface area contributed by atoms with Crippen LogP contribution in [-0.4, -0.2) is 60.2 Å². The summed E-state index contributed by atoms with van der Waals surface area (Å²) >= 11 is 0. The van der Waals surface area contributed by atoms with E-state index in [4.69, 9.17) is 0 Å². The highest BCUT2D eigenvalue weighted by atomic mass is 19.1. The summed E-state index contributed by atoms with van der Waals surface area (Å²) in [6.45, 7) is 1.98. The zero-order valence-corrected chi connectivity index (χ0v) is 13.3. The maximum absolute atomic E-state index is 13.0. The molecule has 2 heterocycles. The molecule has 1 N–H and O–H groups in total. The Balaban J connectivity index is 1.65. The van der Waals surface area contributed by atoms with Gasteiger partial charge in [-0.2, -0.15) is 0 Å². The first kappa shape index (κ1) is 16.4. The minimum Gasteiger partial charge on any atom is -0.353 e. The second kappa shape index (κ2) is 6.98. The molecule has 1 aromatic rings. The number of piperazine rings is 1. The lowest BCUT2D eigenvalue weighted by Crippen LogP contribution is -2.54. The molecule has 0 unspecified atom stereocenters. The number of carbonyl (C=O) groups excluding carboxylic acids is 3. The fourth-order valence-corrected chi connectivity index (χ4v) is 3.22.